The lowest BCUT2D eigenvalue weighted by Gasteiger charge is -2.02. The van der Waals surface area contributed by atoms with Gasteiger partial charge in [0, 0.05) is 18.1 Å². The molecule has 1 N–H and O–H groups in total. The Morgan fingerprint density at radius 3 is 2.85 bits per heavy atom. The molecule has 0 saturated heterocycles. The number of hydrogen-bond donors (Lipinski definition) is 1. The predicted molar refractivity (Wildman–Crippen MR) is 75.4 cm³/mol. The van der Waals surface area contributed by atoms with E-state index in [1.807, 2.05) is 12.1 Å². The van der Waals surface area contributed by atoms with Crippen molar-refractivity contribution in [2.24, 2.45) is 0 Å². The molecule has 20 heavy (non-hydrogen) atoms. The highest BCUT2D eigenvalue weighted by Crippen LogP contribution is 2.05. The molecule has 2 aromatic heterocycles. The SMILES string of the molecule is CCCc1cc(C(=O)OCCCc2ccncc2)n[nH]1. The van der Waals surface area contributed by atoms with Gasteiger partial charge in [-0.05, 0) is 43.0 Å². The number of carbonyl (C=O) groups is 1. The van der Waals surface area contributed by atoms with Crippen molar-refractivity contribution < 1.29 is 9.53 Å². The zero-order chi connectivity index (χ0) is 14.2. The first-order chi connectivity index (χ1) is 9.79. The Morgan fingerprint density at radius 1 is 1.30 bits per heavy atom. The smallest absolute Gasteiger partial charge is 0.358 e. The molecule has 0 atom stereocenters. The molecule has 0 unspecified atom stereocenters. The predicted octanol–water partition coefficient (Wildman–Crippen LogP) is 2.55. The second kappa shape index (κ2) is 7.43. The molecule has 106 valence electrons. The molecule has 2 rings (SSSR count). The van der Waals surface area contributed by atoms with E-state index in [2.05, 4.69) is 22.1 Å². The van der Waals surface area contributed by atoms with Gasteiger partial charge in [0.2, 0.25) is 0 Å². The summed E-state index contributed by atoms with van der Waals surface area (Å²) in [5.74, 6) is -0.363. The van der Waals surface area contributed by atoms with Crippen LogP contribution in [0, 0.1) is 0 Å². The summed E-state index contributed by atoms with van der Waals surface area (Å²) in [6, 6.07) is 5.69. The number of hydrogen-bond acceptors (Lipinski definition) is 4. The molecule has 0 spiro atoms. The molecule has 0 fully saturated rings. The van der Waals surface area contributed by atoms with Crippen LogP contribution in [0.1, 0.15) is 41.5 Å². The number of aryl methyl sites for hydroxylation is 2. The third-order valence-electron chi connectivity index (χ3n) is 2.95. The quantitative estimate of drug-likeness (QED) is 0.622. The molecule has 0 amide bonds. The fourth-order valence-corrected chi connectivity index (χ4v) is 1.93. The molecular formula is C15H19N3O2. The number of aromatic nitrogens is 3. The van der Waals surface area contributed by atoms with Gasteiger partial charge in [-0.2, -0.15) is 5.10 Å². The highest BCUT2D eigenvalue weighted by Gasteiger charge is 2.11. The third kappa shape index (κ3) is 4.19. The minimum Gasteiger partial charge on any atom is -0.461 e. The Hall–Kier alpha value is -2.17. The van der Waals surface area contributed by atoms with Gasteiger partial charge in [-0.15, -0.1) is 0 Å². The van der Waals surface area contributed by atoms with Crippen molar-refractivity contribution in [1.82, 2.24) is 15.2 Å². The highest BCUT2D eigenvalue weighted by atomic mass is 16.5. The van der Waals surface area contributed by atoms with Crippen LogP contribution in [0.3, 0.4) is 0 Å². The Kier molecular flexibility index (Phi) is 5.29. The summed E-state index contributed by atoms with van der Waals surface area (Å²) >= 11 is 0. The highest BCUT2D eigenvalue weighted by molar-refractivity contribution is 5.87. The largest absolute Gasteiger partial charge is 0.461 e. The average Bonchev–Trinajstić information content (AvgIpc) is 2.94. The molecule has 0 bridgehead atoms. The van der Waals surface area contributed by atoms with Crippen LogP contribution in [0.2, 0.25) is 0 Å². The van der Waals surface area contributed by atoms with Crippen LogP contribution in [-0.4, -0.2) is 27.8 Å². The molecule has 5 nitrogen and oxygen atoms in total. The van der Waals surface area contributed by atoms with Crippen molar-refractivity contribution in [1.29, 1.82) is 0 Å². The molecule has 0 radical (unpaired) electrons. The Bertz CT molecular complexity index is 537. The minimum atomic E-state index is -0.363. The summed E-state index contributed by atoms with van der Waals surface area (Å²) in [6.07, 6.45) is 7.10. The maximum absolute atomic E-state index is 11.8. The van der Waals surface area contributed by atoms with Crippen LogP contribution in [0.25, 0.3) is 0 Å². The Balaban J connectivity index is 1.72. The van der Waals surface area contributed by atoms with E-state index in [-0.39, 0.29) is 5.97 Å². The Labute approximate surface area is 118 Å². The van der Waals surface area contributed by atoms with Gasteiger partial charge in [-0.25, -0.2) is 4.79 Å². The number of ether oxygens (including phenoxy) is 1. The molecule has 0 aromatic carbocycles. The minimum absolute atomic E-state index is 0.359. The lowest BCUT2D eigenvalue weighted by molar-refractivity contribution is 0.0493. The summed E-state index contributed by atoms with van der Waals surface area (Å²) in [6.45, 7) is 2.48. The fourth-order valence-electron chi connectivity index (χ4n) is 1.93. The van der Waals surface area contributed by atoms with Gasteiger partial charge in [-0.3, -0.25) is 10.1 Å². The maximum atomic E-state index is 11.8. The zero-order valence-electron chi connectivity index (χ0n) is 11.6. The number of rotatable bonds is 7. The van der Waals surface area contributed by atoms with E-state index in [4.69, 9.17) is 4.74 Å². The second-order valence-corrected chi connectivity index (χ2v) is 4.62. The van der Waals surface area contributed by atoms with Crippen molar-refractivity contribution in [3.05, 3.63) is 47.5 Å². The number of H-pyrrole nitrogens is 1. The molecule has 0 aliphatic carbocycles. The van der Waals surface area contributed by atoms with Gasteiger partial charge in [0.1, 0.15) is 0 Å². The maximum Gasteiger partial charge on any atom is 0.358 e. The first-order valence-electron chi connectivity index (χ1n) is 6.90. The summed E-state index contributed by atoms with van der Waals surface area (Å²) in [7, 11) is 0. The summed E-state index contributed by atoms with van der Waals surface area (Å²) < 4.78 is 5.20. The second-order valence-electron chi connectivity index (χ2n) is 4.62. The summed E-state index contributed by atoms with van der Waals surface area (Å²) in [4.78, 5) is 15.7. The van der Waals surface area contributed by atoms with Crippen LogP contribution in [0.4, 0.5) is 0 Å². The topological polar surface area (TPSA) is 67.9 Å². The normalized spacial score (nSPS) is 10.4. The van der Waals surface area contributed by atoms with Crippen molar-refractivity contribution in [3.8, 4) is 0 Å². The van der Waals surface area contributed by atoms with Gasteiger partial charge in [-0.1, -0.05) is 13.3 Å². The number of esters is 1. The number of pyridine rings is 1. The van der Waals surface area contributed by atoms with E-state index in [0.29, 0.717) is 12.3 Å². The van der Waals surface area contributed by atoms with E-state index < -0.39 is 0 Å². The standard InChI is InChI=1S/C15H19N3O2/c1-2-4-13-11-14(18-17-13)15(19)20-10-3-5-12-6-8-16-9-7-12/h6-9,11H,2-5,10H2,1H3,(H,17,18). The average molecular weight is 273 g/mol. The van der Waals surface area contributed by atoms with Crippen molar-refractivity contribution >= 4 is 5.97 Å². The molecule has 2 heterocycles. The van der Waals surface area contributed by atoms with Crippen LogP contribution < -0.4 is 0 Å². The number of nitrogens with one attached hydrogen (secondary N) is 1. The molecule has 5 heteroatoms. The fraction of sp³-hybridized carbons (Fsp3) is 0.400. The van der Waals surface area contributed by atoms with Gasteiger partial charge >= 0.3 is 5.97 Å². The monoisotopic (exact) mass is 273 g/mol. The number of carbonyl (C=O) groups excluding carboxylic acids is 1. The van der Waals surface area contributed by atoms with Crippen LogP contribution >= 0.6 is 0 Å². The van der Waals surface area contributed by atoms with Gasteiger partial charge in [0.15, 0.2) is 5.69 Å². The van der Waals surface area contributed by atoms with E-state index in [1.165, 1.54) is 5.56 Å². The van der Waals surface area contributed by atoms with Crippen LogP contribution in [0.5, 0.6) is 0 Å². The van der Waals surface area contributed by atoms with Gasteiger partial charge < -0.3 is 4.74 Å². The van der Waals surface area contributed by atoms with Crippen LogP contribution in [0.15, 0.2) is 30.6 Å². The van der Waals surface area contributed by atoms with Gasteiger partial charge in [0.05, 0.1) is 6.61 Å². The summed E-state index contributed by atoms with van der Waals surface area (Å²) in [5.41, 5.74) is 2.52. The zero-order valence-corrected chi connectivity index (χ0v) is 11.6. The van der Waals surface area contributed by atoms with E-state index in [0.717, 1.165) is 31.4 Å². The van der Waals surface area contributed by atoms with Crippen LogP contribution in [-0.2, 0) is 17.6 Å². The van der Waals surface area contributed by atoms with E-state index in [9.17, 15) is 4.79 Å². The lowest BCUT2D eigenvalue weighted by atomic mass is 10.1. The first-order valence-corrected chi connectivity index (χ1v) is 6.90. The third-order valence-corrected chi connectivity index (χ3v) is 2.95. The first kappa shape index (κ1) is 14.2. The summed E-state index contributed by atoms with van der Waals surface area (Å²) in [5, 5.41) is 6.81. The number of nitrogens with zero attached hydrogens (tertiary/aromatic N) is 2. The molecule has 0 aliphatic rings. The molecular weight excluding hydrogens is 254 g/mol. The van der Waals surface area contributed by atoms with Gasteiger partial charge in [0.25, 0.3) is 0 Å². The van der Waals surface area contributed by atoms with Crippen molar-refractivity contribution in [2.45, 2.75) is 32.6 Å². The number of aromatic amines is 1. The van der Waals surface area contributed by atoms with E-state index >= 15 is 0 Å². The molecule has 0 saturated carbocycles. The molecule has 0 aliphatic heterocycles. The molecule has 2 aromatic rings. The lowest BCUT2D eigenvalue weighted by Crippen LogP contribution is -2.07. The van der Waals surface area contributed by atoms with Crippen molar-refractivity contribution in [2.75, 3.05) is 6.61 Å². The van der Waals surface area contributed by atoms with E-state index in [1.54, 1.807) is 18.5 Å². The Morgan fingerprint density at radius 2 is 2.10 bits per heavy atom. The van der Waals surface area contributed by atoms with Crippen molar-refractivity contribution in [3.63, 3.8) is 0 Å².